The molecule has 10 radical (unpaired) electrons. The van der Waals surface area contributed by atoms with Crippen LogP contribution in [0.5, 0.6) is 0 Å². The number of hydrogen-bond donors (Lipinski definition) is 0. The maximum Gasteiger partial charge on any atom is 2.00 e. The minimum atomic E-state index is 0. The molecule has 0 aromatic heterocycles. The Morgan fingerprint density at radius 1 is 0.500 bits per heavy atom. The average molecular weight is 242 g/mol. The van der Waals surface area contributed by atoms with Gasteiger partial charge < -0.3 is 4.74 Å². The van der Waals surface area contributed by atoms with Gasteiger partial charge >= 0.3 is 37.7 Å². The van der Waals surface area contributed by atoms with E-state index in [1.54, 1.807) is 0 Å². The van der Waals surface area contributed by atoms with Crippen molar-refractivity contribution in [1.29, 1.82) is 0 Å². The largest absolute Gasteiger partial charge is 2.00 e. The minimum Gasteiger partial charge on any atom is -0.381 e. The van der Waals surface area contributed by atoms with Crippen LogP contribution in [-0.2, 0) is 4.74 Å². The van der Waals surface area contributed by atoms with Crippen LogP contribution in [0.15, 0.2) is 0 Å². The van der Waals surface area contributed by atoms with E-state index >= 15 is 0 Å². The third-order valence-electron chi connectivity index (χ3n) is 1.94. The molecule has 80 valence electrons. The van der Waals surface area contributed by atoms with Crippen LogP contribution in [-0.4, -0.2) is 51.0 Å². The molecular formula is C14H18CaO+2. The predicted molar refractivity (Wildman–Crippen MR) is 68.8 cm³/mol. The first kappa shape index (κ1) is 17.2. The fourth-order valence-corrected chi connectivity index (χ4v) is 1.15. The zero-order valence-corrected chi connectivity index (χ0v) is 11.9. The van der Waals surface area contributed by atoms with E-state index in [1.807, 2.05) is 64.2 Å². The molecule has 2 heteroatoms. The molecule has 0 spiro atoms. The van der Waals surface area contributed by atoms with Gasteiger partial charge in [0.2, 0.25) is 0 Å². The first-order valence-electron chi connectivity index (χ1n) is 5.41. The van der Waals surface area contributed by atoms with Crippen LogP contribution < -0.4 is 0 Å². The quantitative estimate of drug-likeness (QED) is 0.593. The molecule has 3 fully saturated rings. The number of hydrogen-bond acceptors (Lipinski definition) is 1. The molecule has 1 aliphatic heterocycles. The first-order chi connectivity index (χ1) is 7.50. The Hall–Kier alpha value is 1.22. The molecule has 0 bridgehead atoms. The zero-order chi connectivity index (χ0) is 10.6. The summed E-state index contributed by atoms with van der Waals surface area (Å²) in [5.74, 6) is 0. The van der Waals surface area contributed by atoms with Crippen molar-refractivity contribution in [2.45, 2.75) is 12.8 Å². The Morgan fingerprint density at radius 2 is 0.750 bits per heavy atom. The second-order valence-corrected chi connectivity index (χ2v) is 3.24. The molecular weight excluding hydrogens is 224 g/mol. The number of ether oxygens (including phenoxy) is 1. The van der Waals surface area contributed by atoms with Crippen molar-refractivity contribution in [3.8, 4) is 0 Å². The molecule has 1 nitrogen and oxygen atoms in total. The second-order valence-electron chi connectivity index (χ2n) is 3.24. The summed E-state index contributed by atoms with van der Waals surface area (Å²) in [6, 6.07) is 0. The van der Waals surface area contributed by atoms with Gasteiger partial charge in [-0.2, -0.15) is 0 Å². The topological polar surface area (TPSA) is 9.23 Å². The molecule has 0 aromatic rings. The molecule has 1 saturated heterocycles. The van der Waals surface area contributed by atoms with Crippen molar-refractivity contribution in [2.24, 2.45) is 0 Å². The second kappa shape index (κ2) is 14.3. The summed E-state index contributed by atoms with van der Waals surface area (Å²) in [5, 5.41) is 0. The van der Waals surface area contributed by atoms with E-state index in [1.165, 1.54) is 12.8 Å². The van der Waals surface area contributed by atoms with Crippen molar-refractivity contribution < 1.29 is 4.74 Å². The molecule has 2 aliphatic carbocycles. The van der Waals surface area contributed by atoms with Gasteiger partial charge in [0, 0.05) is 13.2 Å². The van der Waals surface area contributed by atoms with Gasteiger partial charge in [-0.3, -0.25) is 0 Å². The van der Waals surface area contributed by atoms with Gasteiger partial charge in [-0.15, -0.1) is 0 Å². The van der Waals surface area contributed by atoms with Gasteiger partial charge in [0.1, 0.15) is 0 Å². The molecule has 0 N–H and O–H groups in total. The molecule has 0 amide bonds. The summed E-state index contributed by atoms with van der Waals surface area (Å²) >= 11 is 0. The molecule has 16 heavy (non-hydrogen) atoms. The van der Waals surface area contributed by atoms with Crippen LogP contribution in [0.3, 0.4) is 0 Å². The van der Waals surface area contributed by atoms with Crippen molar-refractivity contribution in [1.82, 2.24) is 0 Å². The third-order valence-corrected chi connectivity index (χ3v) is 1.94. The molecule has 1 heterocycles. The zero-order valence-electron chi connectivity index (χ0n) is 9.72. The summed E-state index contributed by atoms with van der Waals surface area (Å²) in [5.41, 5.74) is 0. The SMILES string of the molecule is C1CCOC1.[CH]1[CH][CH][CH][CH]1.[CH]1[CH][CH][CH][CH]1.[Ca+2]. The van der Waals surface area contributed by atoms with E-state index < -0.39 is 0 Å². The molecule has 2 saturated carbocycles. The fourth-order valence-electron chi connectivity index (χ4n) is 1.15. The van der Waals surface area contributed by atoms with E-state index in [9.17, 15) is 0 Å². The summed E-state index contributed by atoms with van der Waals surface area (Å²) < 4.78 is 4.94. The maximum atomic E-state index is 4.94. The van der Waals surface area contributed by atoms with Gasteiger partial charge in [-0.05, 0) is 77.0 Å². The fraction of sp³-hybridized carbons (Fsp3) is 0.286. The Labute approximate surface area is 132 Å². The predicted octanol–water partition coefficient (Wildman–Crippen LogP) is 2.46. The van der Waals surface area contributed by atoms with Crippen molar-refractivity contribution in [3.05, 3.63) is 64.2 Å². The number of rotatable bonds is 0. The van der Waals surface area contributed by atoms with Gasteiger partial charge in [-0.1, -0.05) is 0 Å². The van der Waals surface area contributed by atoms with Crippen LogP contribution in [0.2, 0.25) is 0 Å². The van der Waals surface area contributed by atoms with Crippen LogP contribution in [0, 0.1) is 64.2 Å². The Morgan fingerprint density at radius 3 is 0.875 bits per heavy atom. The average Bonchev–Trinajstić information content (AvgIpc) is 3.09. The van der Waals surface area contributed by atoms with Crippen LogP contribution in [0.4, 0.5) is 0 Å². The first-order valence-corrected chi connectivity index (χ1v) is 5.41. The van der Waals surface area contributed by atoms with E-state index in [2.05, 4.69) is 0 Å². The molecule has 0 atom stereocenters. The Kier molecular flexibility index (Phi) is 15.4. The summed E-state index contributed by atoms with van der Waals surface area (Å²) in [4.78, 5) is 0. The van der Waals surface area contributed by atoms with Crippen LogP contribution in [0.1, 0.15) is 12.8 Å². The molecule has 0 aromatic carbocycles. The minimum absolute atomic E-state index is 0. The molecule has 3 aliphatic rings. The molecule has 3 rings (SSSR count). The van der Waals surface area contributed by atoms with E-state index in [0.717, 1.165) is 13.2 Å². The van der Waals surface area contributed by atoms with Crippen LogP contribution >= 0.6 is 0 Å². The third kappa shape index (κ3) is 11.7. The summed E-state index contributed by atoms with van der Waals surface area (Å²) in [6.07, 6.45) is 22.6. The Bertz CT molecular complexity index is 69.3. The van der Waals surface area contributed by atoms with Crippen molar-refractivity contribution >= 4 is 37.7 Å². The maximum absolute atomic E-state index is 4.94. The summed E-state index contributed by atoms with van der Waals surface area (Å²) in [7, 11) is 0. The van der Waals surface area contributed by atoms with Gasteiger partial charge in [-0.25, -0.2) is 0 Å². The normalized spacial score (nSPS) is 22.5. The smallest absolute Gasteiger partial charge is 0.381 e. The summed E-state index contributed by atoms with van der Waals surface area (Å²) in [6.45, 7) is 2.00. The molecule has 0 unspecified atom stereocenters. The standard InChI is InChI=1S/2C5H5.C4H8O.Ca/c3*1-2-4-5-3-1;/h2*1-5H;1-4H2;/q;;;+2. The Balaban J connectivity index is 0.000000205. The van der Waals surface area contributed by atoms with Crippen LogP contribution in [0.25, 0.3) is 0 Å². The van der Waals surface area contributed by atoms with Gasteiger partial charge in [0.15, 0.2) is 0 Å². The van der Waals surface area contributed by atoms with Crippen molar-refractivity contribution in [2.75, 3.05) is 13.2 Å². The van der Waals surface area contributed by atoms with Gasteiger partial charge in [0.25, 0.3) is 0 Å². The monoisotopic (exact) mass is 242 g/mol. The van der Waals surface area contributed by atoms with E-state index in [0.29, 0.717) is 0 Å². The van der Waals surface area contributed by atoms with Crippen molar-refractivity contribution in [3.63, 3.8) is 0 Å². The van der Waals surface area contributed by atoms with E-state index in [-0.39, 0.29) is 37.7 Å². The van der Waals surface area contributed by atoms with E-state index in [4.69, 9.17) is 4.74 Å². The van der Waals surface area contributed by atoms with Gasteiger partial charge in [0.05, 0.1) is 0 Å².